The van der Waals surface area contributed by atoms with Gasteiger partial charge in [0.25, 0.3) is 0 Å². The lowest BCUT2D eigenvalue weighted by molar-refractivity contribution is -0.144. The highest BCUT2D eigenvalue weighted by molar-refractivity contribution is 5.83. The number of carbonyl (C=O) groups excluding carboxylic acids is 1. The maximum atomic E-state index is 11.6. The van der Waals surface area contributed by atoms with Crippen LogP contribution < -0.4 is 5.32 Å². The van der Waals surface area contributed by atoms with Crippen molar-refractivity contribution < 1.29 is 19.4 Å². The largest absolute Gasteiger partial charge is 0.480 e. The third-order valence-electron chi connectivity index (χ3n) is 2.53. The summed E-state index contributed by atoms with van der Waals surface area (Å²) in [6.45, 7) is 8.76. The van der Waals surface area contributed by atoms with Gasteiger partial charge in [0.2, 0.25) is 0 Å². The van der Waals surface area contributed by atoms with Crippen LogP contribution >= 0.6 is 0 Å². The summed E-state index contributed by atoms with van der Waals surface area (Å²) in [6.07, 6.45) is 2.41. The first-order valence-electron chi connectivity index (χ1n) is 6.35. The lowest BCUT2D eigenvalue weighted by atomic mass is 9.95. The Bertz CT molecular complexity index is 296. The number of alkyl carbamates (subject to hydrolysis) is 1. The highest BCUT2D eigenvalue weighted by atomic mass is 16.6. The van der Waals surface area contributed by atoms with E-state index in [1.165, 1.54) is 6.92 Å². The summed E-state index contributed by atoms with van der Waals surface area (Å²) in [4.78, 5) is 22.9. The van der Waals surface area contributed by atoms with Crippen LogP contribution in [0.1, 0.15) is 60.3 Å². The van der Waals surface area contributed by atoms with Crippen LogP contribution in [0.4, 0.5) is 4.79 Å². The van der Waals surface area contributed by atoms with E-state index in [-0.39, 0.29) is 0 Å². The summed E-state index contributed by atoms with van der Waals surface area (Å²) in [7, 11) is 0. The molecule has 0 heterocycles. The fourth-order valence-electron chi connectivity index (χ4n) is 1.48. The third-order valence-corrected chi connectivity index (χ3v) is 2.53. The standard InChI is InChI=1S/C13H25NO4/c1-6-7-8-9-13(5,10(15)16)14-11(17)18-12(2,3)4/h6-9H2,1-5H3,(H,14,17)(H,15,16). The first-order chi connectivity index (χ1) is 8.10. The highest BCUT2D eigenvalue weighted by Crippen LogP contribution is 2.17. The number of hydrogen-bond donors (Lipinski definition) is 2. The molecule has 1 amide bonds. The number of nitrogens with one attached hydrogen (secondary N) is 1. The molecule has 0 aromatic rings. The zero-order valence-electron chi connectivity index (χ0n) is 12.0. The van der Waals surface area contributed by atoms with Gasteiger partial charge in [-0.2, -0.15) is 0 Å². The summed E-state index contributed by atoms with van der Waals surface area (Å²) < 4.78 is 5.08. The molecule has 0 saturated carbocycles. The molecule has 0 aliphatic carbocycles. The zero-order chi connectivity index (χ0) is 14.4. The Kier molecular flexibility index (Phi) is 6.15. The first kappa shape index (κ1) is 16.7. The average molecular weight is 259 g/mol. The van der Waals surface area contributed by atoms with Gasteiger partial charge in [-0.25, -0.2) is 9.59 Å². The number of carboxylic acids is 1. The lowest BCUT2D eigenvalue weighted by Crippen LogP contribution is -2.53. The van der Waals surface area contributed by atoms with Gasteiger partial charge in [0, 0.05) is 0 Å². The predicted molar refractivity (Wildman–Crippen MR) is 69.6 cm³/mol. The molecule has 0 bridgehead atoms. The molecule has 1 unspecified atom stereocenters. The molecule has 106 valence electrons. The molecule has 0 rings (SSSR count). The van der Waals surface area contributed by atoms with Crippen molar-refractivity contribution >= 4 is 12.1 Å². The van der Waals surface area contributed by atoms with Crippen molar-refractivity contribution in [1.82, 2.24) is 5.32 Å². The van der Waals surface area contributed by atoms with E-state index in [1.807, 2.05) is 6.92 Å². The van der Waals surface area contributed by atoms with Gasteiger partial charge in [-0.3, -0.25) is 0 Å². The first-order valence-corrected chi connectivity index (χ1v) is 6.35. The van der Waals surface area contributed by atoms with Gasteiger partial charge in [0.1, 0.15) is 11.1 Å². The molecule has 2 N–H and O–H groups in total. The van der Waals surface area contributed by atoms with E-state index in [0.29, 0.717) is 6.42 Å². The maximum Gasteiger partial charge on any atom is 0.408 e. The molecule has 5 nitrogen and oxygen atoms in total. The van der Waals surface area contributed by atoms with Crippen molar-refractivity contribution in [1.29, 1.82) is 0 Å². The second-order valence-corrected chi connectivity index (χ2v) is 5.72. The van der Waals surface area contributed by atoms with Crippen LogP contribution in [-0.4, -0.2) is 28.3 Å². The highest BCUT2D eigenvalue weighted by Gasteiger charge is 2.35. The summed E-state index contributed by atoms with van der Waals surface area (Å²) in [5.41, 5.74) is -1.90. The number of carboxylic acid groups (broad SMARTS) is 1. The van der Waals surface area contributed by atoms with Gasteiger partial charge in [-0.1, -0.05) is 26.2 Å². The Morgan fingerprint density at radius 3 is 2.11 bits per heavy atom. The second kappa shape index (κ2) is 6.61. The molecule has 0 saturated heterocycles. The normalized spacial score (nSPS) is 14.7. The van der Waals surface area contributed by atoms with Gasteiger partial charge in [0.05, 0.1) is 0 Å². The number of hydrogen-bond acceptors (Lipinski definition) is 3. The van der Waals surface area contributed by atoms with E-state index in [2.05, 4.69) is 5.32 Å². The minimum atomic E-state index is -1.27. The quantitative estimate of drug-likeness (QED) is 0.719. The molecular weight excluding hydrogens is 234 g/mol. The molecule has 18 heavy (non-hydrogen) atoms. The number of carbonyl (C=O) groups is 2. The van der Waals surface area contributed by atoms with Crippen molar-refractivity contribution in [2.75, 3.05) is 0 Å². The van der Waals surface area contributed by atoms with E-state index in [9.17, 15) is 14.7 Å². The average Bonchev–Trinajstić information content (AvgIpc) is 2.14. The zero-order valence-corrected chi connectivity index (χ0v) is 12.0. The fourth-order valence-corrected chi connectivity index (χ4v) is 1.48. The predicted octanol–water partition coefficient (Wildman–Crippen LogP) is 2.93. The van der Waals surface area contributed by atoms with Crippen molar-refractivity contribution in [2.24, 2.45) is 0 Å². The van der Waals surface area contributed by atoms with E-state index in [1.54, 1.807) is 20.8 Å². The van der Waals surface area contributed by atoms with Gasteiger partial charge >= 0.3 is 12.1 Å². The van der Waals surface area contributed by atoms with Crippen molar-refractivity contribution in [3.05, 3.63) is 0 Å². The van der Waals surface area contributed by atoms with Crippen LogP contribution in [0, 0.1) is 0 Å². The lowest BCUT2D eigenvalue weighted by Gasteiger charge is -2.28. The van der Waals surface area contributed by atoms with E-state index >= 15 is 0 Å². The van der Waals surface area contributed by atoms with E-state index in [0.717, 1.165) is 19.3 Å². The molecule has 0 aliphatic rings. The Morgan fingerprint density at radius 2 is 1.72 bits per heavy atom. The number of aliphatic carboxylic acids is 1. The molecule has 0 radical (unpaired) electrons. The number of unbranched alkanes of at least 4 members (excludes halogenated alkanes) is 2. The molecular formula is C13H25NO4. The molecule has 0 spiro atoms. The minimum Gasteiger partial charge on any atom is -0.480 e. The molecule has 0 aromatic carbocycles. The molecule has 0 aromatic heterocycles. The van der Waals surface area contributed by atoms with Crippen molar-refractivity contribution in [3.63, 3.8) is 0 Å². The molecule has 5 heteroatoms. The van der Waals surface area contributed by atoms with Gasteiger partial charge in [0.15, 0.2) is 0 Å². The number of amides is 1. The fraction of sp³-hybridized carbons (Fsp3) is 0.846. The van der Waals surface area contributed by atoms with Gasteiger partial charge < -0.3 is 15.2 Å². The number of ether oxygens (including phenoxy) is 1. The smallest absolute Gasteiger partial charge is 0.408 e. The second-order valence-electron chi connectivity index (χ2n) is 5.72. The Morgan fingerprint density at radius 1 is 1.17 bits per heavy atom. The van der Waals surface area contributed by atoms with Gasteiger partial charge in [-0.05, 0) is 34.1 Å². The summed E-state index contributed by atoms with van der Waals surface area (Å²) >= 11 is 0. The Balaban J connectivity index is 4.51. The maximum absolute atomic E-state index is 11.6. The molecule has 0 fully saturated rings. The van der Waals surface area contributed by atoms with E-state index < -0.39 is 23.2 Å². The van der Waals surface area contributed by atoms with E-state index in [4.69, 9.17) is 4.74 Å². The van der Waals surface area contributed by atoms with Crippen LogP contribution in [0.15, 0.2) is 0 Å². The van der Waals surface area contributed by atoms with Crippen molar-refractivity contribution in [3.8, 4) is 0 Å². The summed E-state index contributed by atoms with van der Waals surface area (Å²) in [6, 6.07) is 0. The minimum absolute atomic E-state index is 0.398. The summed E-state index contributed by atoms with van der Waals surface area (Å²) in [5.74, 6) is -1.04. The van der Waals surface area contributed by atoms with Crippen molar-refractivity contribution in [2.45, 2.75) is 71.4 Å². The van der Waals surface area contributed by atoms with Crippen LogP contribution in [0.2, 0.25) is 0 Å². The molecule has 0 aliphatic heterocycles. The van der Waals surface area contributed by atoms with Crippen LogP contribution in [0.25, 0.3) is 0 Å². The van der Waals surface area contributed by atoms with Gasteiger partial charge in [-0.15, -0.1) is 0 Å². The Hall–Kier alpha value is -1.26. The number of rotatable bonds is 6. The summed E-state index contributed by atoms with van der Waals surface area (Å²) in [5, 5.41) is 11.7. The topological polar surface area (TPSA) is 75.6 Å². The van der Waals surface area contributed by atoms with Crippen LogP contribution in [-0.2, 0) is 9.53 Å². The monoisotopic (exact) mass is 259 g/mol. The van der Waals surface area contributed by atoms with Crippen LogP contribution in [0.3, 0.4) is 0 Å². The molecule has 1 atom stereocenters. The Labute approximate surface area is 109 Å². The van der Waals surface area contributed by atoms with Crippen LogP contribution in [0.5, 0.6) is 0 Å². The third kappa shape index (κ3) is 6.47. The SMILES string of the molecule is CCCCCC(C)(NC(=O)OC(C)(C)C)C(=O)O.